The molecule has 0 spiro atoms. The highest BCUT2D eigenvalue weighted by Crippen LogP contribution is 2.17. The summed E-state index contributed by atoms with van der Waals surface area (Å²) in [4.78, 5) is 10.8. The van der Waals surface area contributed by atoms with Gasteiger partial charge in [-0.2, -0.15) is 0 Å². The van der Waals surface area contributed by atoms with Crippen molar-refractivity contribution in [2.75, 3.05) is 0 Å². The highest BCUT2D eigenvalue weighted by Gasteiger charge is 2.16. The minimum Gasteiger partial charge on any atom is -0.119 e. The second-order valence-electron chi connectivity index (χ2n) is 3.61. The average Bonchev–Trinajstić information content (AvgIpc) is 1.86. The van der Waals surface area contributed by atoms with E-state index < -0.39 is 0 Å². The van der Waals surface area contributed by atoms with Gasteiger partial charge in [0.05, 0.1) is 10.6 Å². The van der Waals surface area contributed by atoms with Gasteiger partial charge in [0.2, 0.25) is 0 Å². The van der Waals surface area contributed by atoms with Crippen molar-refractivity contribution in [2.24, 2.45) is 0 Å². The predicted molar refractivity (Wildman–Crippen MR) is 42.9 cm³/mol. The zero-order valence-electron chi connectivity index (χ0n) is 7.09. The summed E-state index contributed by atoms with van der Waals surface area (Å²) >= 11 is 0. The Balaban J connectivity index is 3.16. The molecule has 0 aliphatic carbocycles. The van der Waals surface area contributed by atoms with Gasteiger partial charge in [0, 0.05) is 11.5 Å². The summed E-state index contributed by atoms with van der Waals surface area (Å²) in [6.45, 7) is 6.16. The zero-order chi connectivity index (χ0) is 8.48. The van der Waals surface area contributed by atoms with E-state index in [1.165, 1.54) is 6.20 Å². The molecule has 1 heterocycles. The van der Waals surface area contributed by atoms with E-state index in [4.69, 9.17) is 0 Å². The molecule has 0 unspecified atom stereocenters. The summed E-state index contributed by atoms with van der Waals surface area (Å²) in [6, 6.07) is 3.65. The Labute approximate surface area is 65.7 Å². The molecule has 0 radical (unpaired) electrons. The van der Waals surface area contributed by atoms with Gasteiger partial charge in [-0.25, -0.2) is 0 Å². The largest absolute Gasteiger partial charge is 0.257 e. The molecule has 0 bridgehead atoms. The van der Waals surface area contributed by atoms with E-state index in [0.29, 0.717) is 4.54 Å². The van der Waals surface area contributed by atoms with Crippen molar-refractivity contribution in [1.82, 2.24) is 5.10 Å². The maximum atomic E-state index is 10.8. The fourth-order valence-electron chi connectivity index (χ4n) is 0.828. The van der Waals surface area contributed by atoms with Gasteiger partial charge in [-0.15, -0.1) is 5.10 Å². The third kappa shape index (κ3) is 1.90. The van der Waals surface area contributed by atoms with Gasteiger partial charge < -0.3 is 0 Å². The number of hydrogen-bond acceptors (Lipinski definition) is 1. The molecule has 11 heavy (non-hydrogen) atoms. The van der Waals surface area contributed by atoms with Crippen molar-refractivity contribution in [1.29, 1.82) is 0 Å². The van der Waals surface area contributed by atoms with Crippen LogP contribution in [0.2, 0.25) is 0 Å². The smallest absolute Gasteiger partial charge is 0.119 e. The zero-order valence-corrected chi connectivity index (χ0v) is 7.09. The summed E-state index contributed by atoms with van der Waals surface area (Å²) in [7, 11) is 0. The first-order chi connectivity index (χ1) is 5.00. The molecule has 3 nitrogen and oxygen atoms in total. The summed E-state index contributed by atoms with van der Waals surface area (Å²) < 4.78 is 0.709. The van der Waals surface area contributed by atoms with Gasteiger partial charge in [0.25, 0.3) is 6.20 Å². The molecule has 0 saturated carbocycles. The van der Waals surface area contributed by atoms with Crippen LogP contribution >= 0.6 is 0 Å². The van der Waals surface area contributed by atoms with Crippen molar-refractivity contribution in [2.45, 2.75) is 26.2 Å². The molecule has 0 amide bonds. The molecule has 60 valence electrons. The van der Waals surface area contributed by atoms with E-state index in [-0.39, 0.29) is 5.41 Å². The number of H-pyrrole nitrogens is 1. The molecule has 0 aliphatic rings. The highest BCUT2D eigenvalue weighted by atomic mass is 16.3. The summed E-state index contributed by atoms with van der Waals surface area (Å²) in [5.41, 5.74) is 0.947. The third-order valence-corrected chi connectivity index (χ3v) is 1.52. The fraction of sp³-hybridized carbons (Fsp3) is 0.500. The van der Waals surface area contributed by atoms with Crippen LogP contribution in [0.15, 0.2) is 18.3 Å². The van der Waals surface area contributed by atoms with E-state index in [1.807, 2.05) is 6.07 Å². The molecule has 3 heteroatoms. The van der Waals surface area contributed by atoms with E-state index in [2.05, 4.69) is 25.9 Å². The Kier molecular flexibility index (Phi) is 1.81. The minimum atomic E-state index is 0.00736. The molecule has 0 aliphatic heterocycles. The van der Waals surface area contributed by atoms with Crippen LogP contribution in [0.1, 0.15) is 26.5 Å². The van der Waals surface area contributed by atoms with Crippen molar-refractivity contribution in [3.05, 3.63) is 28.9 Å². The van der Waals surface area contributed by atoms with Crippen molar-refractivity contribution in [3.8, 4) is 0 Å². The van der Waals surface area contributed by atoms with Gasteiger partial charge in [0.1, 0.15) is 0 Å². The number of nitrogens with zero attached hydrogens (tertiary/aromatic N) is 1. The lowest BCUT2D eigenvalue weighted by Gasteiger charge is -2.14. The molecular formula is C8H13N2O+. The number of aromatic amines is 1. The monoisotopic (exact) mass is 153 g/mol. The lowest BCUT2D eigenvalue weighted by atomic mass is 9.92. The number of rotatable bonds is 0. The van der Waals surface area contributed by atoms with E-state index in [0.717, 1.165) is 5.69 Å². The first kappa shape index (κ1) is 7.98. The van der Waals surface area contributed by atoms with Crippen LogP contribution in [-0.2, 0) is 5.41 Å². The molecule has 1 rings (SSSR count). The summed E-state index contributed by atoms with van der Waals surface area (Å²) in [5.74, 6) is 0. The van der Waals surface area contributed by atoms with Crippen LogP contribution < -0.4 is 4.54 Å². The second-order valence-corrected chi connectivity index (χ2v) is 3.61. The van der Waals surface area contributed by atoms with Gasteiger partial charge in [-0.3, -0.25) is 0 Å². The van der Waals surface area contributed by atoms with Crippen molar-refractivity contribution < 1.29 is 4.54 Å². The third-order valence-electron chi connectivity index (χ3n) is 1.52. The lowest BCUT2D eigenvalue weighted by Crippen LogP contribution is -2.25. The number of nitrogens with one attached hydrogen (secondary N) is 1. The quantitative estimate of drug-likeness (QED) is 0.559. The maximum Gasteiger partial charge on any atom is 0.257 e. The van der Waals surface area contributed by atoms with E-state index in [1.54, 1.807) is 6.07 Å². The normalized spacial score (nSPS) is 11.5. The minimum absolute atomic E-state index is 0.00736. The first-order valence-corrected chi connectivity index (χ1v) is 3.62. The van der Waals surface area contributed by atoms with Crippen LogP contribution in [0, 0.1) is 4.91 Å². The standard InChI is InChI=1S/C8H13N2O/c1-8(2,3)7-5-4-6-10(11)9-7/h4-6H,1-3H3,(H,9,11)/q+1. The highest BCUT2D eigenvalue weighted by molar-refractivity contribution is 5.08. The van der Waals surface area contributed by atoms with Crippen LogP contribution in [0.3, 0.4) is 0 Å². The second kappa shape index (κ2) is 2.49. The molecule has 1 N–H and O–H groups in total. The first-order valence-electron chi connectivity index (χ1n) is 3.62. The maximum absolute atomic E-state index is 10.8. The molecule has 0 aromatic carbocycles. The topological polar surface area (TPSA) is 38.8 Å². The van der Waals surface area contributed by atoms with E-state index in [9.17, 15) is 4.91 Å². The number of hydrogen-bond donors (Lipinski definition) is 1. The summed E-state index contributed by atoms with van der Waals surface area (Å²) in [5, 5.41) is 2.71. The average molecular weight is 153 g/mol. The Morgan fingerprint density at radius 3 is 2.45 bits per heavy atom. The Morgan fingerprint density at radius 2 is 2.09 bits per heavy atom. The van der Waals surface area contributed by atoms with Gasteiger partial charge >= 0.3 is 0 Å². The van der Waals surface area contributed by atoms with Gasteiger partial charge in [-0.05, 0) is 6.07 Å². The Hall–Kier alpha value is -1.12. The number of aromatic nitrogens is 2. The van der Waals surface area contributed by atoms with Crippen LogP contribution in [-0.4, -0.2) is 5.10 Å². The van der Waals surface area contributed by atoms with Crippen molar-refractivity contribution in [3.63, 3.8) is 0 Å². The molecule has 1 aromatic heterocycles. The van der Waals surface area contributed by atoms with Gasteiger partial charge in [-0.1, -0.05) is 20.8 Å². The van der Waals surface area contributed by atoms with Gasteiger partial charge in [0.15, 0.2) is 4.54 Å². The van der Waals surface area contributed by atoms with Crippen molar-refractivity contribution >= 4 is 0 Å². The van der Waals surface area contributed by atoms with Crippen LogP contribution in [0.25, 0.3) is 0 Å². The van der Waals surface area contributed by atoms with Crippen LogP contribution in [0.4, 0.5) is 0 Å². The molecule has 0 saturated heterocycles. The predicted octanol–water partition coefficient (Wildman–Crippen LogP) is 1.23. The van der Waals surface area contributed by atoms with Crippen LogP contribution in [0.5, 0.6) is 0 Å². The molecule has 0 atom stereocenters. The fourth-order valence-corrected chi connectivity index (χ4v) is 0.828. The Morgan fingerprint density at radius 1 is 1.45 bits per heavy atom. The molecule has 1 aromatic rings. The molecular weight excluding hydrogens is 140 g/mol. The van der Waals surface area contributed by atoms with E-state index >= 15 is 0 Å². The SMILES string of the molecule is CC(C)(C)c1ccc[n+](=O)[nH]1. The Bertz CT molecular complexity index is 295. The molecule has 0 fully saturated rings. The lowest BCUT2D eigenvalue weighted by molar-refractivity contribution is -0.565. The summed E-state index contributed by atoms with van der Waals surface area (Å²) in [6.07, 6.45) is 1.44.